The molecule has 0 atom stereocenters. The number of hydrogen-bond donors (Lipinski definition) is 1. The van der Waals surface area contributed by atoms with Crippen molar-refractivity contribution in [1.82, 2.24) is 5.43 Å². The molecule has 0 fully saturated rings. The van der Waals surface area contributed by atoms with Crippen LogP contribution in [0.2, 0.25) is 0 Å². The first-order valence-electron chi connectivity index (χ1n) is 8.72. The summed E-state index contributed by atoms with van der Waals surface area (Å²) in [7, 11) is -2.39. The lowest BCUT2D eigenvalue weighted by Crippen LogP contribution is -2.39. The summed E-state index contributed by atoms with van der Waals surface area (Å²) >= 11 is 0. The molecule has 30 heavy (non-hydrogen) atoms. The van der Waals surface area contributed by atoms with E-state index in [1.54, 1.807) is 18.2 Å². The number of nitrogens with zero attached hydrogens (tertiary/aromatic N) is 3. The van der Waals surface area contributed by atoms with Crippen molar-refractivity contribution in [2.75, 3.05) is 24.2 Å². The van der Waals surface area contributed by atoms with Crippen molar-refractivity contribution in [2.24, 2.45) is 5.10 Å². The molecule has 10 nitrogen and oxygen atoms in total. The standard InChI is InChI=1S/C19H22N4O6S/c1-13-5-7-16(9-14(13)2)22(30(4,27)28)12-19(24)21-20-11-15-6-8-18(29-3)17(10-15)23(25)26/h5-11H,12H2,1-4H3,(H,21,24)/b20-11+. The van der Waals surface area contributed by atoms with E-state index in [0.717, 1.165) is 21.7 Å². The SMILES string of the molecule is COc1ccc(/C=N/NC(=O)CN(c2ccc(C)c(C)c2)S(C)(=O)=O)cc1[N+](=O)[O-]. The zero-order valence-corrected chi connectivity index (χ0v) is 17.8. The second-order valence-corrected chi connectivity index (χ2v) is 8.43. The molecule has 0 unspecified atom stereocenters. The van der Waals surface area contributed by atoms with Crippen LogP contribution in [0.1, 0.15) is 16.7 Å². The minimum atomic E-state index is -3.71. The number of nitrogens with one attached hydrogen (secondary N) is 1. The van der Waals surface area contributed by atoms with Gasteiger partial charge in [-0.1, -0.05) is 6.07 Å². The molecule has 11 heteroatoms. The predicted molar refractivity (Wildman–Crippen MR) is 113 cm³/mol. The van der Waals surface area contributed by atoms with E-state index in [9.17, 15) is 23.3 Å². The second-order valence-electron chi connectivity index (χ2n) is 6.52. The third-order valence-corrected chi connectivity index (χ3v) is 5.41. The molecule has 0 aliphatic heterocycles. The molecule has 0 spiro atoms. The largest absolute Gasteiger partial charge is 0.490 e. The van der Waals surface area contributed by atoms with Crippen LogP contribution in [0.15, 0.2) is 41.5 Å². The summed E-state index contributed by atoms with van der Waals surface area (Å²) in [5.41, 5.74) is 4.59. The average molecular weight is 434 g/mol. The number of aryl methyl sites for hydroxylation is 2. The van der Waals surface area contributed by atoms with Gasteiger partial charge in [0.25, 0.3) is 5.91 Å². The Morgan fingerprint density at radius 1 is 1.23 bits per heavy atom. The van der Waals surface area contributed by atoms with Crippen LogP contribution in [0.5, 0.6) is 5.75 Å². The van der Waals surface area contributed by atoms with E-state index in [2.05, 4.69) is 10.5 Å². The number of hydrogen-bond acceptors (Lipinski definition) is 7. The van der Waals surface area contributed by atoms with E-state index in [1.807, 2.05) is 13.8 Å². The summed E-state index contributed by atoms with van der Waals surface area (Å²) in [4.78, 5) is 22.7. The Kier molecular flexibility index (Phi) is 7.11. The summed E-state index contributed by atoms with van der Waals surface area (Å²) in [6, 6.07) is 9.26. The third-order valence-electron chi connectivity index (χ3n) is 4.27. The molecule has 0 radical (unpaired) electrons. The number of methoxy groups -OCH3 is 1. The summed E-state index contributed by atoms with van der Waals surface area (Å²) in [6.07, 6.45) is 2.22. The lowest BCUT2D eigenvalue weighted by atomic mass is 10.1. The number of carbonyl (C=O) groups excluding carboxylic acids is 1. The number of rotatable bonds is 8. The topological polar surface area (TPSA) is 131 Å². The van der Waals surface area contributed by atoms with Crippen LogP contribution >= 0.6 is 0 Å². The van der Waals surface area contributed by atoms with Crippen molar-refractivity contribution in [3.63, 3.8) is 0 Å². The smallest absolute Gasteiger partial charge is 0.311 e. The number of benzene rings is 2. The average Bonchev–Trinajstić information content (AvgIpc) is 2.67. The van der Waals surface area contributed by atoms with Crippen LogP contribution in [0.3, 0.4) is 0 Å². The number of ether oxygens (including phenoxy) is 1. The first-order chi connectivity index (χ1) is 14.0. The van der Waals surface area contributed by atoms with Crippen LogP contribution in [0.4, 0.5) is 11.4 Å². The fourth-order valence-corrected chi connectivity index (χ4v) is 3.40. The molecule has 0 saturated heterocycles. The Hall–Kier alpha value is -3.47. The predicted octanol–water partition coefficient (Wildman–Crippen LogP) is 2.14. The number of hydrazone groups is 1. The number of amides is 1. The molecule has 0 aliphatic rings. The lowest BCUT2D eigenvalue weighted by Gasteiger charge is -2.22. The molecule has 2 aromatic rings. The van der Waals surface area contributed by atoms with Crippen molar-refractivity contribution in [1.29, 1.82) is 0 Å². The third kappa shape index (κ3) is 5.77. The fourth-order valence-electron chi connectivity index (χ4n) is 2.56. The highest BCUT2D eigenvalue weighted by Crippen LogP contribution is 2.26. The lowest BCUT2D eigenvalue weighted by molar-refractivity contribution is -0.385. The van der Waals surface area contributed by atoms with Gasteiger partial charge in [-0.25, -0.2) is 13.8 Å². The molecular weight excluding hydrogens is 412 g/mol. The van der Waals surface area contributed by atoms with Crippen LogP contribution < -0.4 is 14.5 Å². The molecule has 0 aliphatic carbocycles. The van der Waals surface area contributed by atoms with E-state index < -0.39 is 27.4 Å². The molecule has 0 bridgehead atoms. The fraction of sp³-hybridized carbons (Fsp3) is 0.263. The molecule has 0 aromatic heterocycles. The minimum absolute atomic E-state index is 0.0957. The van der Waals surface area contributed by atoms with Crippen LogP contribution in [0.25, 0.3) is 0 Å². The van der Waals surface area contributed by atoms with Crippen LogP contribution in [-0.2, 0) is 14.8 Å². The van der Waals surface area contributed by atoms with Crippen LogP contribution in [0, 0.1) is 24.0 Å². The van der Waals surface area contributed by atoms with E-state index in [4.69, 9.17) is 4.74 Å². The van der Waals surface area contributed by atoms with Crippen LogP contribution in [-0.4, -0.2) is 45.4 Å². The molecule has 1 N–H and O–H groups in total. The van der Waals surface area contributed by atoms with E-state index >= 15 is 0 Å². The van der Waals surface area contributed by atoms with Gasteiger partial charge in [0.2, 0.25) is 10.0 Å². The maximum absolute atomic E-state index is 12.2. The van der Waals surface area contributed by atoms with Gasteiger partial charge in [0.1, 0.15) is 6.54 Å². The van der Waals surface area contributed by atoms with Gasteiger partial charge in [-0.05, 0) is 49.2 Å². The van der Waals surface area contributed by atoms with Crippen molar-refractivity contribution < 1.29 is 22.9 Å². The van der Waals surface area contributed by atoms with Gasteiger partial charge in [0, 0.05) is 11.6 Å². The zero-order valence-electron chi connectivity index (χ0n) is 16.9. The second kappa shape index (κ2) is 9.35. The molecular formula is C19H22N4O6S. The Morgan fingerprint density at radius 2 is 1.93 bits per heavy atom. The highest BCUT2D eigenvalue weighted by atomic mass is 32.2. The first kappa shape index (κ1) is 22.8. The van der Waals surface area contributed by atoms with Crippen molar-refractivity contribution >= 4 is 33.5 Å². The Bertz CT molecular complexity index is 1100. The highest BCUT2D eigenvalue weighted by molar-refractivity contribution is 7.92. The van der Waals surface area contributed by atoms with Gasteiger partial charge < -0.3 is 4.74 Å². The highest BCUT2D eigenvalue weighted by Gasteiger charge is 2.21. The summed E-state index contributed by atoms with van der Waals surface area (Å²) in [5, 5.41) is 14.8. The Balaban J connectivity index is 2.14. The maximum atomic E-state index is 12.2. The van der Waals surface area contributed by atoms with Gasteiger partial charge >= 0.3 is 5.69 Å². The summed E-state index contributed by atoms with van der Waals surface area (Å²) in [6.45, 7) is 3.27. The van der Waals surface area contributed by atoms with Gasteiger partial charge in [-0.3, -0.25) is 19.2 Å². The Labute approximate surface area is 174 Å². The van der Waals surface area contributed by atoms with Crippen molar-refractivity contribution in [2.45, 2.75) is 13.8 Å². The number of carbonyl (C=O) groups is 1. The zero-order chi connectivity index (χ0) is 22.5. The maximum Gasteiger partial charge on any atom is 0.311 e. The van der Waals surface area contributed by atoms with Crippen molar-refractivity contribution in [3.8, 4) is 5.75 Å². The Morgan fingerprint density at radius 3 is 2.50 bits per heavy atom. The number of anilines is 1. The monoisotopic (exact) mass is 434 g/mol. The molecule has 0 saturated carbocycles. The molecule has 2 aromatic carbocycles. The van der Waals surface area contributed by atoms with E-state index in [0.29, 0.717) is 11.3 Å². The first-order valence-corrected chi connectivity index (χ1v) is 10.6. The van der Waals surface area contributed by atoms with Gasteiger partial charge in [-0.15, -0.1) is 0 Å². The van der Waals surface area contributed by atoms with E-state index in [-0.39, 0.29) is 11.4 Å². The molecule has 1 amide bonds. The van der Waals surface area contributed by atoms with Crippen molar-refractivity contribution in [3.05, 3.63) is 63.2 Å². The summed E-state index contributed by atoms with van der Waals surface area (Å²) in [5.74, 6) is -0.573. The number of sulfonamides is 1. The normalized spacial score (nSPS) is 11.3. The quantitative estimate of drug-likeness (QED) is 0.385. The van der Waals surface area contributed by atoms with Gasteiger partial charge in [-0.2, -0.15) is 5.10 Å². The van der Waals surface area contributed by atoms with E-state index in [1.165, 1.54) is 31.5 Å². The molecule has 0 heterocycles. The number of nitro groups is 1. The van der Waals surface area contributed by atoms with Gasteiger partial charge in [0.15, 0.2) is 5.75 Å². The minimum Gasteiger partial charge on any atom is -0.490 e. The van der Waals surface area contributed by atoms with Gasteiger partial charge in [0.05, 0.1) is 30.2 Å². The molecule has 2 rings (SSSR count). The number of nitro benzene ring substituents is 1. The summed E-state index contributed by atoms with van der Waals surface area (Å²) < 4.78 is 30.2. The molecule has 160 valence electrons.